The van der Waals surface area contributed by atoms with Crippen molar-refractivity contribution in [3.05, 3.63) is 0 Å². The Morgan fingerprint density at radius 2 is 2.00 bits per heavy atom. The van der Waals surface area contributed by atoms with Crippen LogP contribution in [0.25, 0.3) is 0 Å². The summed E-state index contributed by atoms with van der Waals surface area (Å²) in [5, 5.41) is 3.53. The molecule has 0 aromatic carbocycles. The zero-order chi connectivity index (χ0) is 11.8. The maximum atomic E-state index is 11.7. The standard InChI is InChI=1S/C12H22N2O2/c1-11(2,3)16-10(15)14-8-12(9-14)6-4-5-7-13-12/h13H,4-9H2,1-3H3. The third-order valence-corrected chi connectivity index (χ3v) is 3.22. The molecule has 0 bridgehead atoms. The Morgan fingerprint density at radius 1 is 1.31 bits per heavy atom. The highest BCUT2D eigenvalue weighted by atomic mass is 16.6. The first-order valence-corrected chi connectivity index (χ1v) is 6.13. The zero-order valence-electron chi connectivity index (χ0n) is 10.5. The smallest absolute Gasteiger partial charge is 0.410 e. The van der Waals surface area contributed by atoms with E-state index < -0.39 is 0 Å². The molecule has 2 saturated heterocycles. The number of likely N-dealkylation sites (tertiary alicyclic amines) is 1. The number of nitrogens with zero attached hydrogens (tertiary/aromatic N) is 1. The van der Waals surface area contributed by atoms with Gasteiger partial charge < -0.3 is 15.0 Å². The Bertz CT molecular complexity index is 269. The lowest BCUT2D eigenvalue weighted by atomic mass is 9.82. The molecule has 2 aliphatic rings. The van der Waals surface area contributed by atoms with Crippen molar-refractivity contribution in [3.8, 4) is 0 Å². The Hall–Kier alpha value is -0.770. The molecule has 1 N–H and O–H groups in total. The largest absolute Gasteiger partial charge is 0.444 e. The number of ether oxygens (including phenoxy) is 1. The van der Waals surface area contributed by atoms with Gasteiger partial charge in [-0.3, -0.25) is 0 Å². The van der Waals surface area contributed by atoms with Gasteiger partial charge in [-0.15, -0.1) is 0 Å². The van der Waals surface area contributed by atoms with Crippen LogP contribution in [0.2, 0.25) is 0 Å². The minimum atomic E-state index is -0.389. The van der Waals surface area contributed by atoms with Crippen molar-refractivity contribution in [3.63, 3.8) is 0 Å². The van der Waals surface area contributed by atoms with Crippen LogP contribution in [0.5, 0.6) is 0 Å². The molecule has 0 saturated carbocycles. The number of hydrogen-bond donors (Lipinski definition) is 1. The number of carbonyl (C=O) groups is 1. The first kappa shape index (κ1) is 11.7. The van der Waals surface area contributed by atoms with Gasteiger partial charge in [0.05, 0.1) is 5.54 Å². The fourth-order valence-corrected chi connectivity index (χ4v) is 2.44. The first-order chi connectivity index (χ1) is 7.40. The second-order valence-corrected chi connectivity index (χ2v) is 6.00. The molecule has 2 aliphatic heterocycles. The zero-order valence-corrected chi connectivity index (χ0v) is 10.5. The van der Waals surface area contributed by atoms with Crippen molar-refractivity contribution >= 4 is 6.09 Å². The summed E-state index contributed by atoms with van der Waals surface area (Å²) < 4.78 is 5.33. The highest BCUT2D eigenvalue weighted by molar-refractivity contribution is 5.69. The van der Waals surface area contributed by atoms with Gasteiger partial charge >= 0.3 is 6.09 Å². The summed E-state index contributed by atoms with van der Waals surface area (Å²) in [5.41, 5.74) is -0.186. The van der Waals surface area contributed by atoms with E-state index in [9.17, 15) is 4.79 Å². The summed E-state index contributed by atoms with van der Waals surface area (Å²) in [6.07, 6.45) is 3.54. The average molecular weight is 226 g/mol. The van der Waals surface area contributed by atoms with Gasteiger partial charge in [-0.1, -0.05) is 6.42 Å². The molecule has 4 nitrogen and oxygen atoms in total. The molecule has 1 spiro atoms. The lowest BCUT2D eigenvalue weighted by Gasteiger charge is -2.52. The van der Waals surface area contributed by atoms with Crippen LogP contribution in [0.15, 0.2) is 0 Å². The van der Waals surface area contributed by atoms with E-state index in [1.54, 1.807) is 4.90 Å². The van der Waals surface area contributed by atoms with E-state index in [0.29, 0.717) is 0 Å². The monoisotopic (exact) mass is 226 g/mol. The second-order valence-electron chi connectivity index (χ2n) is 6.00. The molecule has 0 radical (unpaired) electrons. The number of rotatable bonds is 0. The quantitative estimate of drug-likeness (QED) is 0.684. The summed E-state index contributed by atoms with van der Waals surface area (Å²) in [4.78, 5) is 13.5. The molecule has 0 atom stereocenters. The third kappa shape index (κ3) is 2.48. The summed E-state index contributed by atoms with van der Waals surface area (Å²) in [6, 6.07) is 0. The lowest BCUT2D eigenvalue weighted by Crippen LogP contribution is -2.71. The van der Waals surface area contributed by atoms with Gasteiger partial charge in [-0.2, -0.15) is 0 Å². The van der Waals surface area contributed by atoms with E-state index in [0.717, 1.165) is 19.6 Å². The van der Waals surface area contributed by atoms with Crippen LogP contribution in [-0.4, -0.2) is 41.8 Å². The number of piperidine rings is 1. The fourth-order valence-electron chi connectivity index (χ4n) is 2.44. The van der Waals surface area contributed by atoms with Gasteiger partial charge in [0, 0.05) is 13.1 Å². The molecule has 0 aromatic rings. The molecule has 0 unspecified atom stereocenters. The normalized spacial score (nSPS) is 24.1. The number of hydrogen-bond acceptors (Lipinski definition) is 3. The predicted octanol–water partition coefficient (Wildman–Crippen LogP) is 1.75. The van der Waals surface area contributed by atoms with E-state index >= 15 is 0 Å². The highest BCUT2D eigenvalue weighted by Crippen LogP contribution is 2.30. The van der Waals surface area contributed by atoms with Gasteiger partial charge in [0.1, 0.15) is 5.60 Å². The predicted molar refractivity (Wildman–Crippen MR) is 62.4 cm³/mol. The van der Waals surface area contributed by atoms with Gasteiger partial charge in [-0.25, -0.2) is 4.79 Å². The van der Waals surface area contributed by atoms with Crippen molar-refractivity contribution in [1.29, 1.82) is 0 Å². The molecule has 2 rings (SSSR count). The molecule has 16 heavy (non-hydrogen) atoms. The van der Waals surface area contributed by atoms with Crippen molar-refractivity contribution in [1.82, 2.24) is 10.2 Å². The maximum absolute atomic E-state index is 11.7. The Morgan fingerprint density at radius 3 is 2.50 bits per heavy atom. The van der Waals surface area contributed by atoms with Crippen LogP contribution in [0.4, 0.5) is 4.79 Å². The van der Waals surface area contributed by atoms with Gasteiger partial charge in [-0.05, 0) is 40.2 Å². The van der Waals surface area contributed by atoms with E-state index in [2.05, 4.69) is 5.32 Å². The number of amides is 1. The van der Waals surface area contributed by atoms with Crippen molar-refractivity contribution in [2.24, 2.45) is 0 Å². The average Bonchev–Trinajstić information content (AvgIpc) is 2.12. The van der Waals surface area contributed by atoms with E-state index in [4.69, 9.17) is 4.74 Å². The summed E-state index contributed by atoms with van der Waals surface area (Å²) in [5.74, 6) is 0. The van der Waals surface area contributed by atoms with Crippen LogP contribution in [0.1, 0.15) is 40.0 Å². The summed E-state index contributed by atoms with van der Waals surface area (Å²) in [6.45, 7) is 8.41. The van der Waals surface area contributed by atoms with Gasteiger partial charge in [0.2, 0.25) is 0 Å². The van der Waals surface area contributed by atoms with Crippen molar-refractivity contribution < 1.29 is 9.53 Å². The Kier molecular flexibility index (Phi) is 2.86. The molecule has 2 heterocycles. The van der Waals surface area contributed by atoms with Crippen LogP contribution in [-0.2, 0) is 4.74 Å². The van der Waals surface area contributed by atoms with Crippen LogP contribution in [0.3, 0.4) is 0 Å². The summed E-state index contributed by atoms with van der Waals surface area (Å²) >= 11 is 0. The summed E-state index contributed by atoms with van der Waals surface area (Å²) in [7, 11) is 0. The van der Waals surface area contributed by atoms with E-state index in [1.807, 2.05) is 20.8 Å². The molecular weight excluding hydrogens is 204 g/mol. The molecular formula is C12H22N2O2. The van der Waals surface area contributed by atoms with Crippen molar-refractivity contribution in [2.45, 2.75) is 51.2 Å². The molecule has 2 fully saturated rings. The van der Waals surface area contributed by atoms with Gasteiger partial charge in [0.25, 0.3) is 0 Å². The minimum absolute atomic E-state index is 0.175. The highest BCUT2D eigenvalue weighted by Gasteiger charge is 2.46. The van der Waals surface area contributed by atoms with Crippen molar-refractivity contribution in [2.75, 3.05) is 19.6 Å². The SMILES string of the molecule is CC(C)(C)OC(=O)N1CC2(CCCCN2)C1. The maximum Gasteiger partial charge on any atom is 0.410 e. The molecule has 4 heteroatoms. The van der Waals surface area contributed by atoms with E-state index in [1.165, 1.54) is 19.3 Å². The van der Waals surface area contributed by atoms with Crippen LogP contribution < -0.4 is 5.32 Å². The molecule has 0 aliphatic carbocycles. The van der Waals surface area contributed by atoms with E-state index in [-0.39, 0.29) is 17.2 Å². The first-order valence-electron chi connectivity index (χ1n) is 6.13. The van der Waals surface area contributed by atoms with Gasteiger partial charge in [0.15, 0.2) is 0 Å². The molecule has 1 amide bonds. The number of carbonyl (C=O) groups excluding carboxylic acids is 1. The Labute approximate surface area is 97.3 Å². The molecule has 0 aromatic heterocycles. The third-order valence-electron chi connectivity index (χ3n) is 3.22. The number of nitrogens with one attached hydrogen (secondary N) is 1. The minimum Gasteiger partial charge on any atom is -0.444 e. The van der Waals surface area contributed by atoms with Crippen LogP contribution >= 0.6 is 0 Å². The molecule has 92 valence electrons. The second kappa shape index (κ2) is 3.91. The Balaban J connectivity index is 1.81. The topological polar surface area (TPSA) is 41.6 Å². The van der Waals surface area contributed by atoms with Crippen LogP contribution in [0, 0.1) is 0 Å². The lowest BCUT2D eigenvalue weighted by molar-refractivity contribution is -0.0230. The fraction of sp³-hybridized carbons (Fsp3) is 0.917.